The highest BCUT2D eigenvalue weighted by molar-refractivity contribution is 5.83. The zero-order valence-electron chi connectivity index (χ0n) is 13.4. The molecular weight excluding hydrogens is 252 g/mol. The van der Waals surface area contributed by atoms with Crippen LogP contribution in [0.1, 0.15) is 59.3 Å². The summed E-state index contributed by atoms with van der Waals surface area (Å²) in [6.45, 7) is 7.93. The number of carbonyl (C=O) groups is 1. The molecule has 1 aliphatic rings. The van der Waals surface area contributed by atoms with E-state index in [1.807, 2.05) is 6.92 Å². The van der Waals surface area contributed by atoms with E-state index in [9.17, 15) is 4.79 Å². The fourth-order valence-electron chi connectivity index (χ4n) is 2.90. The number of ether oxygens (including phenoxy) is 1. The Balaban J connectivity index is 2.68. The number of amides is 1. The molecule has 0 radical (unpaired) electrons. The van der Waals surface area contributed by atoms with Crippen LogP contribution >= 0.6 is 0 Å². The second-order valence-electron chi connectivity index (χ2n) is 6.38. The highest BCUT2D eigenvalue weighted by Gasteiger charge is 2.38. The first kappa shape index (κ1) is 17.4. The van der Waals surface area contributed by atoms with Crippen molar-refractivity contribution in [2.45, 2.75) is 65.3 Å². The van der Waals surface area contributed by atoms with E-state index < -0.39 is 0 Å². The zero-order chi connectivity index (χ0) is 15.0. The van der Waals surface area contributed by atoms with E-state index in [0.29, 0.717) is 25.7 Å². The molecule has 4 nitrogen and oxygen atoms in total. The zero-order valence-corrected chi connectivity index (χ0v) is 13.4. The number of carbonyl (C=O) groups excluding carboxylic acids is 1. The van der Waals surface area contributed by atoms with Crippen molar-refractivity contribution in [2.75, 3.05) is 19.8 Å². The van der Waals surface area contributed by atoms with Crippen molar-refractivity contribution in [1.29, 1.82) is 0 Å². The van der Waals surface area contributed by atoms with Crippen LogP contribution in [0.15, 0.2) is 0 Å². The lowest BCUT2D eigenvalue weighted by molar-refractivity contribution is -0.133. The third kappa shape index (κ3) is 4.74. The molecular formula is C16H32N2O2. The van der Waals surface area contributed by atoms with Gasteiger partial charge in [-0.05, 0) is 25.7 Å². The average Bonchev–Trinajstić information content (AvgIpc) is 2.69. The summed E-state index contributed by atoms with van der Waals surface area (Å²) in [5, 5.41) is 3.20. The highest BCUT2D eigenvalue weighted by atomic mass is 16.5. The molecule has 1 fully saturated rings. The Morgan fingerprint density at radius 2 is 1.85 bits per heavy atom. The molecule has 1 atom stereocenters. The van der Waals surface area contributed by atoms with E-state index in [4.69, 9.17) is 10.5 Å². The van der Waals surface area contributed by atoms with Gasteiger partial charge in [-0.15, -0.1) is 0 Å². The Morgan fingerprint density at radius 3 is 2.30 bits per heavy atom. The van der Waals surface area contributed by atoms with Crippen LogP contribution in [-0.2, 0) is 9.53 Å². The van der Waals surface area contributed by atoms with E-state index in [0.717, 1.165) is 25.7 Å². The maximum absolute atomic E-state index is 12.7. The van der Waals surface area contributed by atoms with Crippen LogP contribution in [0.25, 0.3) is 0 Å². The third-order valence-corrected chi connectivity index (χ3v) is 4.56. The largest absolute Gasteiger partial charge is 0.380 e. The van der Waals surface area contributed by atoms with Crippen molar-refractivity contribution in [3.8, 4) is 0 Å². The number of nitrogens with two attached hydrogens (primary N) is 1. The molecule has 1 saturated carbocycles. The van der Waals surface area contributed by atoms with Gasteiger partial charge in [-0.1, -0.05) is 39.5 Å². The summed E-state index contributed by atoms with van der Waals surface area (Å²) >= 11 is 0. The minimum absolute atomic E-state index is 0.0779. The van der Waals surface area contributed by atoms with Crippen molar-refractivity contribution in [2.24, 2.45) is 17.1 Å². The van der Waals surface area contributed by atoms with Gasteiger partial charge in [-0.25, -0.2) is 0 Å². The molecule has 1 rings (SSSR count). The monoisotopic (exact) mass is 284 g/mol. The summed E-state index contributed by atoms with van der Waals surface area (Å²) in [6, 6.07) is 0.0779. The first-order valence-electron chi connectivity index (χ1n) is 8.14. The van der Waals surface area contributed by atoms with Gasteiger partial charge >= 0.3 is 0 Å². The number of hydrogen-bond donors (Lipinski definition) is 2. The molecule has 0 aromatic carbocycles. The average molecular weight is 284 g/mol. The SMILES string of the molecule is CCOCC(NC(=O)C1(CN)CCCCCC1)C(C)C. The fraction of sp³-hybridized carbons (Fsp3) is 0.938. The van der Waals surface area contributed by atoms with Gasteiger partial charge in [0.1, 0.15) is 0 Å². The molecule has 20 heavy (non-hydrogen) atoms. The Labute approximate surface area is 123 Å². The van der Waals surface area contributed by atoms with Gasteiger partial charge in [0.25, 0.3) is 0 Å². The predicted octanol–water partition coefficient (Wildman–Crippen LogP) is 2.46. The van der Waals surface area contributed by atoms with E-state index in [1.165, 1.54) is 12.8 Å². The van der Waals surface area contributed by atoms with Crippen molar-refractivity contribution < 1.29 is 9.53 Å². The van der Waals surface area contributed by atoms with E-state index in [-0.39, 0.29) is 17.4 Å². The molecule has 0 spiro atoms. The quantitative estimate of drug-likeness (QED) is 0.706. The molecule has 0 saturated heterocycles. The molecule has 1 aliphatic carbocycles. The van der Waals surface area contributed by atoms with Gasteiger partial charge in [-0.2, -0.15) is 0 Å². The normalized spacial score (nSPS) is 20.4. The molecule has 0 aromatic heterocycles. The summed E-state index contributed by atoms with van der Waals surface area (Å²) in [4.78, 5) is 12.7. The fourth-order valence-corrected chi connectivity index (χ4v) is 2.90. The summed E-state index contributed by atoms with van der Waals surface area (Å²) < 4.78 is 5.49. The lowest BCUT2D eigenvalue weighted by atomic mass is 9.79. The molecule has 1 amide bonds. The predicted molar refractivity (Wildman–Crippen MR) is 82.5 cm³/mol. The first-order chi connectivity index (χ1) is 9.55. The van der Waals surface area contributed by atoms with Crippen LogP contribution in [0.2, 0.25) is 0 Å². The van der Waals surface area contributed by atoms with E-state index >= 15 is 0 Å². The molecule has 3 N–H and O–H groups in total. The van der Waals surface area contributed by atoms with E-state index in [2.05, 4.69) is 19.2 Å². The maximum atomic E-state index is 12.7. The van der Waals surface area contributed by atoms with Crippen LogP contribution in [0.3, 0.4) is 0 Å². The van der Waals surface area contributed by atoms with Crippen LogP contribution in [-0.4, -0.2) is 31.7 Å². The Bertz CT molecular complexity index is 284. The number of nitrogens with one attached hydrogen (secondary N) is 1. The Morgan fingerprint density at radius 1 is 1.25 bits per heavy atom. The summed E-state index contributed by atoms with van der Waals surface area (Å²) in [6.07, 6.45) is 6.53. The number of hydrogen-bond acceptors (Lipinski definition) is 3. The van der Waals surface area contributed by atoms with Gasteiger partial charge in [0, 0.05) is 13.2 Å². The van der Waals surface area contributed by atoms with Crippen LogP contribution in [0, 0.1) is 11.3 Å². The van der Waals surface area contributed by atoms with Gasteiger partial charge in [0.2, 0.25) is 5.91 Å². The van der Waals surface area contributed by atoms with E-state index in [1.54, 1.807) is 0 Å². The van der Waals surface area contributed by atoms with Crippen LogP contribution in [0.4, 0.5) is 0 Å². The molecule has 0 heterocycles. The topological polar surface area (TPSA) is 64.3 Å². The van der Waals surface area contributed by atoms with Gasteiger partial charge < -0.3 is 15.8 Å². The molecule has 0 aromatic rings. The lowest BCUT2D eigenvalue weighted by Crippen LogP contribution is -2.51. The summed E-state index contributed by atoms with van der Waals surface area (Å²) in [5.74, 6) is 0.506. The highest BCUT2D eigenvalue weighted by Crippen LogP contribution is 2.34. The Hall–Kier alpha value is -0.610. The van der Waals surface area contributed by atoms with Crippen LogP contribution in [0.5, 0.6) is 0 Å². The van der Waals surface area contributed by atoms with Gasteiger partial charge in [0.05, 0.1) is 18.1 Å². The first-order valence-corrected chi connectivity index (χ1v) is 8.14. The summed E-state index contributed by atoms with van der Waals surface area (Å²) in [7, 11) is 0. The number of rotatable bonds is 7. The molecule has 0 aliphatic heterocycles. The van der Waals surface area contributed by atoms with Crippen LogP contribution < -0.4 is 11.1 Å². The maximum Gasteiger partial charge on any atom is 0.227 e. The lowest BCUT2D eigenvalue weighted by Gasteiger charge is -2.33. The molecule has 1 unspecified atom stereocenters. The van der Waals surface area contributed by atoms with Crippen molar-refractivity contribution in [1.82, 2.24) is 5.32 Å². The Kier molecular flexibility index (Phi) is 7.52. The molecule has 0 bridgehead atoms. The standard InChI is InChI=1S/C16H32N2O2/c1-4-20-11-14(13(2)3)18-15(19)16(12-17)9-7-5-6-8-10-16/h13-14H,4-12,17H2,1-3H3,(H,18,19). The second kappa shape index (κ2) is 8.63. The second-order valence-corrected chi connectivity index (χ2v) is 6.38. The minimum Gasteiger partial charge on any atom is -0.380 e. The third-order valence-electron chi connectivity index (χ3n) is 4.56. The summed E-state index contributed by atoms with van der Waals surface area (Å²) in [5.41, 5.74) is 5.62. The van der Waals surface area contributed by atoms with Crippen molar-refractivity contribution in [3.63, 3.8) is 0 Å². The van der Waals surface area contributed by atoms with Gasteiger partial charge in [-0.3, -0.25) is 4.79 Å². The minimum atomic E-state index is -0.351. The van der Waals surface area contributed by atoms with Crippen molar-refractivity contribution >= 4 is 5.91 Å². The van der Waals surface area contributed by atoms with Crippen molar-refractivity contribution in [3.05, 3.63) is 0 Å². The molecule has 4 heteroatoms. The van der Waals surface area contributed by atoms with Gasteiger partial charge in [0.15, 0.2) is 0 Å². The molecule has 118 valence electrons. The smallest absolute Gasteiger partial charge is 0.227 e.